The molecule has 0 spiro atoms. The quantitative estimate of drug-likeness (QED) is 0.897. The van der Waals surface area contributed by atoms with Gasteiger partial charge in [-0.15, -0.1) is 0 Å². The highest BCUT2D eigenvalue weighted by Gasteiger charge is 2.33. The lowest BCUT2D eigenvalue weighted by atomic mass is 9.92. The summed E-state index contributed by atoms with van der Waals surface area (Å²) in [6.07, 6.45) is 2.72. The number of benzene rings is 1. The van der Waals surface area contributed by atoms with Crippen LogP contribution in [-0.4, -0.2) is 19.6 Å². The van der Waals surface area contributed by atoms with E-state index in [2.05, 4.69) is 18.6 Å². The number of rotatable bonds is 4. The summed E-state index contributed by atoms with van der Waals surface area (Å²) in [6.45, 7) is 4.09. The second-order valence-electron chi connectivity index (χ2n) is 6.14. The van der Waals surface area contributed by atoms with Crippen LogP contribution >= 0.6 is 11.6 Å². The number of aliphatic hydroxyl groups is 1. The van der Waals surface area contributed by atoms with Gasteiger partial charge in [-0.05, 0) is 42.4 Å². The SMILES string of the molecule is CC1(C)CCC(NS(=O)(=O)c2ccc(CO)c(Cl)c2)C1. The zero-order valence-electron chi connectivity index (χ0n) is 11.7. The Balaban J connectivity index is 2.17. The first-order valence-corrected chi connectivity index (χ1v) is 8.51. The fourth-order valence-corrected chi connectivity index (χ4v) is 4.25. The average Bonchev–Trinajstić information content (AvgIpc) is 2.67. The molecule has 2 N–H and O–H groups in total. The third kappa shape index (κ3) is 3.52. The van der Waals surface area contributed by atoms with Crippen molar-refractivity contribution in [3.63, 3.8) is 0 Å². The van der Waals surface area contributed by atoms with Crippen LogP contribution < -0.4 is 4.72 Å². The lowest BCUT2D eigenvalue weighted by Crippen LogP contribution is -2.33. The number of aliphatic hydroxyl groups excluding tert-OH is 1. The Morgan fingerprint density at radius 1 is 1.45 bits per heavy atom. The Morgan fingerprint density at radius 3 is 2.65 bits per heavy atom. The minimum Gasteiger partial charge on any atom is -0.392 e. The molecule has 1 aromatic rings. The van der Waals surface area contributed by atoms with Crippen molar-refractivity contribution in [2.45, 2.75) is 50.7 Å². The number of halogens is 1. The van der Waals surface area contributed by atoms with Gasteiger partial charge in [0, 0.05) is 11.1 Å². The molecular weight excluding hydrogens is 298 g/mol. The lowest BCUT2D eigenvalue weighted by molar-refractivity contribution is 0.282. The van der Waals surface area contributed by atoms with Gasteiger partial charge in [0.1, 0.15) is 0 Å². The standard InChI is InChI=1S/C14H20ClNO3S/c1-14(2)6-5-11(8-14)16-20(18,19)12-4-3-10(9-17)13(15)7-12/h3-4,7,11,16-17H,5-6,8-9H2,1-2H3. The van der Waals surface area contributed by atoms with Crippen LogP contribution in [0.3, 0.4) is 0 Å². The van der Waals surface area contributed by atoms with Gasteiger partial charge in [-0.3, -0.25) is 0 Å². The van der Waals surface area contributed by atoms with Gasteiger partial charge < -0.3 is 5.11 Å². The summed E-state index contributed by atoms with van der Waals surface area (Å²) in [7, 11) is -3.56. The van der Waals surface area contributed by atoms with E-state index in [1.807, 2.05) is 0 Å². The molecule has 0 radical (unpaired) electrons. The van der Waals surface area contributed by atoms with Gasteiger partial charge in [0.2, 0.25) is 10.0 Å². The molecule has 1 fully saturated rings. The molecule has 1 unspecified atom stereocenters. The number of hydrogen-bond acceptors (Lipinski definition) is 3. The number of hydrogen-bond donors (Lipinski definition) is 2. The normalized spacial score (nSPS) is 22.1. The Hall–Kier alpha value is -0.620. The molecule has 4 nitrogen and oxygen atoms in total. The van der Waals surface area contributed by atoms with Crippen LogP contribution in [0.25, 0.3) is 0 Å². The summed E-state index contributed by atoms with van der Waals surface area (Å²) >= 11 is 5.95. The molecule has 1 atom stereocenters. The second kappa shape index (κ2) is 5.64. The van der Waals surface area contributed by atoms with Crippen molar-refractivity contribution >= 4 is 21.6 Å². The predicted molar refractivity (Wildman–Crippen MR) is 79.1 cm³/mol. The zero-order valence-corrected chi connectivity index (χ0v) is 13.3. The molecule has 0 aromatic heterocycles. The second-order valence-corrected chi connectivity index (χ2v) is 8.26. The molecule has 1 saturated carbocycles. The van der Waals surface area contributed by atoms with E-state index in [9.17, 15) is 8.42 Å². The Morgan fingerprint density at radius 2 is 2.15 bits per heavy atom. The van der Waals surface area contributed by atoms with Gasteiger partial charge in [-0.2, -0.15) is 0 Å². The highest BCUT2D eigenvalue weighted by Crippen LogP contribution is 2.37. The summed E-state index contributed by atoms with van der Waals surface area (Å²) in [5, 5.41) is 9.32. The van der Waals surface area contributed by atoms with E-state index in [4.69, 9.17) is 16.7 Å². The maximum atomic E-state index is 12.3. The summed E-state index contributed by atoms with van der Waals surface area (Å²) in [4.78, 5) is 0.143. The highest BCUT2D eigenvalue weighted by atomic mass is 35.5. The summed E-state index contributed by atoms with van der Waals surface area (Å²) in [6, 6.07) is 4.37. The van der Waals surface area contributed by atoms with Crippen LogP contribution in [0.1, 0.15) is 38.7 Å². The molecule has 112 valence electrons. The molecule has 1 aromatic carbocycles. The van der Waals surface area contributed by atoms with Gasteiger partial charge in [0.25, 0.3) is 0 Å². The minimum absolute atomic E-state index is 0.0220. The van der Waals surface area contributed by atoms with Crippen LogP contribution in [0, 0.1) is 5.41 Å². The van der Waals surface area contributed by atoms with Crippen molar-refractivity contribution in [1.29, 1.82) is 0 Å². The van der Waals surface area contributed by atoms with E-state index < -0.39 is 10.0 Å². The molecule has 0 bridgehead atoms. The van der Waals surface area contributed by atoms with Crippen molar-refractivity contribution < 1.29 is 13.5 Å². The lowest BCUT2D eigenvalue weighted by Gasteiger charge is -2.18. The third-order valence-corrected chi connectivity index (χ3v) is 5.67. The van der Waals surface area contributed by atoms with Crippen molar-refractivity contribution in [1.82, 2.24) is 4.72 Å². The maximum absolute atomic E-state index is 12.3. The zero-order chi connectivity index (χ0) is 15.0. The molecule has 0 heterocycles. The third-order valence-electron chi connectivity index (χ3n) is 3.80. The predicted octanol–water partition coefficient (Wildman–Crippen LogP) is 2.69. The van der Waals surface area contributed by atoms with Gasteiger partial charge in [-0.25, -0.2) is 13.1 Å². The molecule has 1 aliphatic rings. The van der Waals surface area contributed by atoms with Crippen LogP contribution in [0.2, 0.25) is 5.02 Å². The summed E-state index contributed by atoms with van der Waals surface area (Å²) < 4.78 is 27.4. The smallest absolute Gasteiger partial charge is 0.240 e. The molecule has 20 heavy (non-hydrogen) atoms. The first kappa shape index (κ1) is 15.8. The highest BCUT2D eigenvalue weighted by molar-refractivity contribution is 7.89. The summed E-state index contributed by atoms with van der Waals surface area (Å²) in [5.41, 5.74) is 0.707. The van der Waals surface area contributed by atoms with Crippen molar-refractivity contribution in [2.75, 3.05) is 0 Å². The van der Waals surface area contributed by atoms with Gasteiger partial charge in [-0.1, -0.05) is 31.5 Å². The Labute approximate surface area is 125 Å². The van der Waals surface area contributed by atoms with E-state index in [0.717, 1.165) is 19.3 Å². The van der Waals surface area contributed by atoms with Crippen molar-refractivity contribution in [3.05, 3.63) is 28.8 Å². The van der Waals surface area contributed by atoms with E-state index in [-0.39, 0.29) is 28.0 Å². The minimum atomic E-state index is -3.56. The van der Waals surface area contributed by atoms with Crippen LogP contribution in [0.4, 0.5) is 0 Å². The van der Waals surface area contributed by atoms with E-state index in [1.54, 1.807) is 0 Å². The largest absolute Gasteiger partial charge is 0.392 e. The number of sulfonamides is 1. The Bertz CT molecular complexity index is 598. The van der Waals surface area contributed by atoms with E-state index in [0.29, 0.717) is 5.56 Å². The molecule has 0 saturated heterocycles. The van der Waals surface area contributed by atoms with Crippen LogP contribution in [0.5, 0.6) is 0 Å². The topological polar surface area (TPSA) is 66.4 Å². The van der Waals surface area contributed by atoms with E-state index in [1.165, 1.54) is 18.2 Å². The molecule has 1 aliphatic carbocycles. The number of nitrogens with one attached hydrogen (secondary N) is 1. The van der Waals surface area contributed by atoms with Gasteiger partial charge in [0.15, 0.2) is 0 Å². The molecule has 6 heteroatoms. The van der Waals surface area contributed by atoms with Gasteiger partial charge >= 0.3 is 0 Å². The fraction of sp³-hybridized carbons (Fsp3) is 0.571. The summed E-state index contributed by atoms with van der Waals surface area (Å²) in [5.74, 6) is 0. The maximum Gasteiger partial charge on any atom is 0.240 e. The molecule has 0 aliphatic heterocycles. The van der Waals surface area contributed by atoms with Crippen molar-refractivity contribution in [3.8, 4) is 0 Å². The first-order chi connectivity index (χ1) is 9.23. The molecular formula is C14H20ClNO3S. The van der Waals surface area contributed by atoms with Crippen LogP contribution in [-0.2, 0) is 16.6 Å². The Kier molecular flexibility index (Phi) is 4.44. The van der Waals surface area contributed by atoms with Crippen LogP contribution in [0.15, 0.2) is 23.1 Å². The fourth-order valence-electron chi connectivity index (χ4n) is 2.65. The molecule has 0 amide bonds. The first-order valence-electron chi connectivity index (χ1n) is 6.65. The molecule has 2 rings (SSSR count). The monoisotopic (exact) mass is 317 g/mol. The average molecular weight is 318 g/mol. The van der Waals surface area contributed by atoms with E-state index >= 15 is 0 Å². The van der Waals surface area contributed by atoms with Gasteiger partial charge in [0.05, 0.1) is 11.5 Å². The van der Waals surface area contributed by atoms with Crippen molar-refractivity contribution in [2.24, 2.45) is 5.41 Å².